The molecule has 3 aromatic rings. The second kappa shape index (κ2) is 7.18. The number of benzene rings is 1. The molecule has 1 saturated heterocycles. The summed E-state index contributed by atoms with van der Waals surface area (Å²) in [6.45, 7) is 0.694. The number of likely N-dealkylation sites (tertiary alicyclic amines) is 1. The first-order chi connectivity index (χ1) is 14.8. The maximum Gasteiger partial charge on any atom is 0.232 e. The molecule has 2 aromatic heterocycles. The van der Waals surface area contributed by atoms with Crippen LogP contribution >= 0.6 is 0 Å². The normalized spacial score (nSPS) is 23.4. The fourth-order valence-corrected chi connectivity index (χ4v) is 5.48. The summed E-state index contributed by atoms with van der Waals surface area (Å²) in [6.07, 6.45) is 10.0. The van der Waals surface area contributed by atoms with Crippen LogP contribution in [0.4, 0.5) is 0 Å². The van der Waals surface area contributed by atoms with Gasteiger partial charge in [-0.3, -0.25) is 4.79 Å². The van der Waals surface area contributed by atoms with E-state index in [1.165, 1.54) is 38.5 Å². The van der Waals surface area contributed by atoms with Gasteiger partial charge in [0.25, 0.3) is 0 Å². The Hall–Kier alpha value is -2.77. The highest BCUT2D eigenvalue weighted by molar-refractivity contribution is 5.81. The summed E-state index contributed by atoms with van der Waals surface area (Å²) in [5.74, 6) is 1.32. The summed E-state index contributed by atoms with van der Waals surface area (Å²) >= 11 is 0. The molecule has 3 heterocycles. The van der Waals surface area contributed by atoms with Gasteiger partial charge < -0.3 is 9.42 Å². The van der Waals surface area contributed by atoms with Gasteiger partial charge in [0.15, 0.2) is 0 Å². The molecule has 3 aliphatic rings. The van der Waals surface area contributed by atoms with E-state index >= 15 is 0 Å². The number of carbonyl (C=O) groups is 1. The van der Waals surface area contributed by atoms with Crippen molar-refractivity contribution < 1.29 is 9.32 Å². The minimum absolute atomic E-state index is 0.00803. The quantitative estimate of drug-likeness (QED) is 0.654. The molecule has 6 rings (SSSR count). The Morgan fingerprint density at radius 2 is 1.77 bits per heavy atom. The molecule has 1 aliphatic heterocycles. The minimum atomic E-state index is -0.00803. The van der Waals surface area contributed by atoms with Crippen molar-refractivity contribution in [2.24, 2.45) is 0 Å². The van der Waals surface area contributed by atoms with E-state index in [0.29, 0.717) is 36.8 Å². The van der Waals surface area contributed by atoms with Crippen LogP contribution in [0.2, 0.25) is 0 Å². The monoisotopic (exact) mass is 406 g/mol. The van der Waals surface area contributed by atoms with Crippen molar-refractivity contribution in [1.29, 1.82) is 0 Å². The van der Waals surface area contributed by atoms with Crippen LogP contribution in [-0.2, 0) is 4.79 Å². The van der Waals surface area contributed by atoms with Gasteiger partial charge in [0.1, 0.15) is 5.52 Å². The molecule has 8 nitrogen and oxygen atoms in total. The standard InChI is InChI=1S/C22H26N6O2/c29-20-12-15(13-27(20)16-5-1-2-6-16)22-23-21(25-30-22)14-9-10-19-18(11-14)24-26-28(19)17-7-3-4-8-17/h9-11,15-17H,1-8,12-13H2. The zero-order chi connectivity index (χ0) is 20.1. The van der Waals surface area contributed by atoms with Gasteiger partial charge in [0, 0.05) is 24.6 Å². The maximum absolute atomic E-state index is 12.5. The van der Waals surface area contributed by atoms with Gasteiger partial charge in [-0.2, -0.15) is 4.98 Å². The fourth-order valence-electron chi connectivity index (χ4n) is 5.48. The minimum Gasteiger partial charge on any atom is -0.339 e. The van der Waals surface area contributed by atoms with Gasteiger partial charge >= 0.3 is 0 Å². The average molecular weight is 406 g/mol. The van der Waals surface area contributed by atoms with E-state index in [9.17, 15) is 4.79 Å². The van der Waals surface area contributed by atoms with Crippen LogP contribution in [0.25, 0.3) is 22.4 Å². The van der Waals surface area contributed by atoms with Crippen molar-refractivity contribution in [2.75, 3.05) is 6.54 Å². The van der Waals surface area contributed by atoms with Crippen LogP contribution in [0.5, 0.6) is 0 Å². The second-order valence-corrected chi connectivity index (χ2v) is 9.02. The lowest BCUT2D eigenvalue weighted by atomic mass is 10.1. The molecule has 0 spiro atoms. The Labute approximate surface area is 174 Å². The van der Waals surface area contributed by atoms with Gasteiger partial charge in [-0.1, -0.05) is 36.1 Å². The summed E-state index contributed by atoms with van der Waals surface area (Å²) in [6, 6.07) is 6.90. The number of hydrogen-bond acceptors (Lipinski definition) is 6. The maximum atomic E-state index is 12.5. The number of carbonyl (C=O) groups excluding carboxylic acids is 1. The molecule has 1 amide bonds. The number of rotatable bonds is 4. The van der Waals surface area contributed by atoms with Crippen LogP contribution in [0, 0.1) is 0 Å². The van der Waals surface area contributed by atoms with Crippen LogP contribution < -0.4 is 0 Å². The van der Waals surface area contributed by atoms with E-state index in [2.05, 4.69) is 31.2 Å². The van der Waals surface area contributed by atoms with Crippen LogP contribution in [-0.4, -0.2) is 48.5 Å². The molecule has 1 unspecified atom stereocenters. The summed E-state index contributed by atoms with van der Waals surface area (Å²) in [7, 11) is 0. The first kappa shape index (κ1) is 18.0. The Kier molecular flexibility index (Phi) is 4.32. The molecule has 3 fully saturated rings. The molecule has 0 radical (unpaired) electrons. The van der Waals surface area contributed by atoms with E-state index in [-0.39, 0.29) is 11.8 Å². The molecular weight excluding hydrogens is 380 g/mol. The highest BCUT2D eigenvalue weighted by Crippen LogP contribution is 2.35. The molecule has 2 saturated carbocycles. The number of fused-ring (bicyclic) bond motifs is 1. The van der Waals surface area contributed by atoms with Crippen LogP contribution in [0.15, 0.2) is 22.7 Å². The number of hydrogen-bond donors (Lipinski definition) is 0. The Balaban J connectivity index is 1.23. The lowest BCUT2D eigenvalue weighted by molar-refractivity contribution is -0.129. The topological polar surface area (TPSA) is 89.9 Å². The van der Waals surface area contributed by atoms with E-state index < -0.39 is 0 Å². The number of aromatic nitrogens is 5. The number of amides is 1. The lowest BCUT2D eigenvalue weighted by Gasteiger charge is -2.23. The zero-order valence-electron chi connectivity index (χ0n) is 17.0. The molecule has 2 aliphatic carbocycles. The molecule has 156 valence electrons. The zero-order valence-corrected chi connectivity index (χ0v) is 17.0. The predicted molar refractivity (Wildman–Crippen MR) is 110 cm³/mol. The van der Waals surface area contributed by atoms with Gasteiger partial charge in [0.05, 0.1) is 17.5 Å². The summed E-state index contributed by atoms with van der Waals surface area (Å²) in [5, 5.41) is 13.0. The first-order valence-corrected chi connectivity index (χ1v) is 11.2. The first-order valence-electron chi connectivity index (χ1n) is 11.2. The van der Waals surface area contributed by atoms with Gasteiger partial charge in [-0.05, 0) is 43.9 Å². The van der Waals surface area contributed by atoms with Crippen LogP contribution in [0.1, 0.15) is 75.6 Å². The summed E-state index contributed by atoms with van der Waals surface area (Å²) in [4.78, 5) is 19.2. The van der Waals surface area contributed by atoms with Gasteiger partial charge in [-0.25, -0.2) is 4.68 Å². The molecule has 8 heteroatoms. The van der Waals surface area contributed by atoms with Crippen molar-refractivity contribution in [3.8, 4) is 11.4 Å². The van der Waals surface area contributed by atoms with Crippen molar-refractivity contribution in [1.82, 2.24) is 30.0 Å². The summed E-state index contributed by atoms with van der Waals surface area (Å²) in [5.41, 5.74) is 2.78. The smallest absolute Gasteiger partial charge is 0.232 e. The van der Waals surface area contributed by atoms with E-state index in [4.69, 9.17) is 4.52 Å². The Morgan fingerprint density at radius 3 is 2.57 bits per heavy atom. The third kappa shape index (κ3) is 3.00. The highest BCUT2D eigenvalue weighted by atomic mass is 16.5. The molecule has 30 heavy (non-hydrogen) atoms. The third-order valence-corrected chi connectivity index (χ3v) is 7.11. The van der Waals surface area contributed by atoms with Gasteiger partial charge in [-0.15, -0.1) is 5.10 Å². The largest absolute Gasteiger partial charge is 0.339 e. The van der Waals surface area contributed by atoms with Gasteiger partial charge in [0.2, 0.25) is 17.6 Å². The third-order valence-electron chi connectivity index (χ3n) is 7.11. The SMILES string of the molecule is O=C1CC(c2nc(-c3ccc4c(c3)nnn4C3CCCC3)no2)CN1C1CCCC1. The number of nitrogens with zero attached hydrogens (tertiary/aromatic N) is 6. The van der Waals surface area contributed by atoms with E-state index in [1.54, 1.807) is 0 Å². The van der Waals surface area contributed by atoms with E-state index in [1.807, 2.05) is 17.0 Å². The summed E-state index contributed by atoms with van der Waals surface area (Å²) < 4.78 is 7.64. The molecular formula is C22H26N6O2. The average Bonchev–Trinajstić information content (AvgIpc) is 3.57. The second-order valence-electron chi connectivity index (χ2n) is 9.02. The predicted octanol–water partition coefficient (Wildman–Crippen LogP) is 3.85. The Bertz CT molecular complexity index is 1080. The van der Waals surface area contributed by atoms with Crippen molar-refractivity contribution in [3.05, 3.63) is 24.1 Å². The van der Waals surface area contributed by atoms with Crippen LogP contribution in [0.3, 0.4) is 0 Å². The Morgan fingerprint density at radius 1 is 1.00 bits per heavy atom. The lowest BCUT2D eigenvalue weighted by Crippen LogP contribution is -2.34. The van der Waals surface area contributed by atoms with E-state index in [0.717, 1.165) is 29.4 Å². The van der Waals surface area contributed by atoms with Crippen molar-refractivity contribution in [3.63, 3.8) is 0 Å². The molecule has 0 N–H and O–H groups in total. The van der Waals surface area contributed by atoms with Crippen molar-refractivity contribution in [2.45, 2.75) is 75.8 Å². The van der Waals surface area contributed by atoms with Crippen molar-refractivity contribution >= 4 is 16.9 Å². The fraction of sp³-hybridized carbons (Fsp3) is 0.591. The highest BCUT2D eigenvalue weighted by Gasteiger charge is 2.38. The molecule has 1 atom stereocenters. The molecule has 0 bridgehead atoms. The molecule has 1 aromatic carbocycles.